The Kier molecular flexibility index (Phi) is 6.99. The van der Waals surface area contributed by atoms with Crippen molar-refractivity contribution in [1.82, 2.24) is 20.8 Å². The van der Waals surface area contributed by atoms with Gasteiger partial charge >= 0.3 is 0 Å². The maximum Gasteiger partial charge on any atom is 0.227 e. The molecule has 0 atom stereocenters. The third-order valence-corrected chi connectivity index (χ3v) is 5.23. The van der Waals surface area contributed by atoms with Crippen LogP contribution >= 0.6 is 11.3 Å². The highest BCUT2D eigenvalue weighted by Crippen LogP contribution is 2.19. The number of rotatable bonds is 8. The second-order valence-corrected chi connectivity index (χ2v) is 7.30. The third-order valence-electron chi connectivity index (χ3n) is 4.55. The molecule has 6 nitrogen and oxygen atoms in total. The molecule has 2 heterocycles. The highest BCUT2D eigenvalue weighted by molar-refractivity contribution is 7.08. The molecule has 0 bridgehead atoms. The van der Waals surface area contributed by atoms with E-state index in [0.29, 0.717) is 37.1 Å². The van der Waals surface area contributed by atoms with Crippen LogP contribution in [0.2, 0.25) is 0 Å². The summed E-state index contributed by atoms with van der Waals surface area (Å²) in [5.74, 6) is 1.12. The quantitative estimate of drug-likeness (QED) is 0.557. The molecule has 1 aliphatic rings. The van der Waals surface area contributed by atoms with Crippen LogP contribution in [0.1, 0.15) is 50.8 Å². The molecule has 1 saturated carbocycles. The standard InChI is InChI=1S/C18H26N4O2S/c23-16(20-11-10-19-15-5-3-1-2-4-6-15)7-8-17-21-18(22-24-17)14-9-12-25-13-14/h9,12-13,15,19H,1-8,10-11H2,(H,20,23). The second-order valence-electron chi connectivity index (χ2n) is 6.52. The maximum absolute atomic E-state index is 11.9. The van der Waals surface area contributed by atoms with Crippen LogP contribution in [-0.4, -0.2) is 35.2 Å². The average Bonchev–Trinajstić information content (AvgIpc) is 3.24. The predicted molar refractivity (Wildman–Crippen MR) is 98.4 cm³/mol. The minimum Gasteiger partial charge on any atom is -0.355 e. The first kappa shape index (κ1) is 18.1. The molecule has 0 radical (unpaired) electrons. The number of hydrogen-bond donors (Lipinski definition) is 2. The van der Waals surface area contributed by atoms with Crippen molar-refractivity contribution >= 4 is 17.2 Å². The van der Waals surface area contributed by atoms with Crippen molar-refractivity contribution in [3.05, 3.63) is 22.7 Å². The number of hydrogen-bond acceptors (Lipinski definition) is 6. The van der Waals surface area contributed by atoms with E-state index >= 15 is 0 Å². The number of aryl methyl sites for hydroxylation is 1. The molecule has 7 heteroatoms. The van der Waals surface area contributed by atoms with Crippen LogP contribution in [0.3, 0.4) is 0 Å². The number of aromatic nitrogens is 2. The molecule has 0 aromatic carbocycles. The van der Waals surface area contributed by atoms with Crippen molar-refractivity contribution in [2.24, 2.45) is 0 Å². The average molecular weight is 362 g/mol. The van der Waals surface area contributed by atoms with Crippen molar-refractivity contribution < 1.29 is 9.32 Å². The Labute approximate surface area is 152 Å². The van der Waals surface area contributed by atoms with Crippen molar-refractivity contribution in [3.63, 3.8) is 0 Å². The van der Waals surface area contributed by atoms with Gasteiger partial charge in [-0.1, -0.05) is 30.8 Å². The van der Waals surface area contributed by atoms with Gasteiger partial charge in [0.25, 0.3) is 0 Å². The summed E-state index contributed by atoms with van der Waals surface area (Å²) in [6.45, 7) is 1.50. The lowest BCUT2D eigenvalue weighted by Crippen LogP contribution is -2.36. The first-order valence-electron chi connectivity index (χ1n) is 9.16. The molecule has 1 fully saturated rings. The SMILES string of the molecule is O=C(CCc1nc(-c2ccsc2)no1)NCCNC1CCCCCC1. The lowest BCUT2D eigenvalue weighted by molar-refractivity contribution is -0.121. The predicted octanol–water partition coefficient (Wildman–Crippen LogP) is 3.16. The Balaban J connectivity index is 1.30. The van der Waals surface area contributed by atoms with Gasteiger partial charge in [0, 0.05) is 42.9 Å². The van der Waals surface area contributed by atoms with E-state index in [1.165, 1.54) is 38.5 Å². The van der Waals surface area contributed by atoms with E-state index in [2.05, 4.69) is 20.8 Å². The number of amides is 1. The van der Waals surface area contributed by atoms with Gasteiger partial charge in [0.1, 0.15) is 0 Å². The fourth-order valence-electron chi connectivity index (χ4n) is 3.14. The molecule has 0 spiro atoms. The minimum atomic E-state index is 0.0259. The van der Waals surface area contributed by atoms with Crippen LogP contribution in [-0.2, 0) is 11.2 Å². The molecule has 2 N–H and O–H groups in total. The van der Waals surface area contributed by atoms with Crippen molar-refractivity contribution in [3.8, 4) is 11.4 Å². The molecule has 1 amide bonds. The van der Waals surface area contributed by atoms with Gasteiger partial charge in [-0.2, -0.15) is 16.3 Å². The molecule has 0 unspecified atom stereocenters. The normalized spacial score (nSPS) is 15.8. The number of nitrogens with zero attached hydrogens (tertiary/aromatic N) is 2. The zero-order chi connectivity index (χ0) is 17.3. The zero-order valence-corrected chi connectivity index (χ0v) is 15.3. The van der Waals surface area contributed by atoms with Crippen molar-refractivity contribution in [2.75, 3.05) is 13.1 Å². The lowest BCUT2D eigenvalue weighted by atomic mass is 10.1. The summed E-state index contributed by atoms with van der Waals surface area (Å²) in [7, 11) is 0. The van der Waals surface area contributed by atoms with Crippen LogP contribution in [0.4, 0.5) is 0 Å². The van der Waals surface area contributed by atoms with Crippen LogP contribution in [0, 0.1) is 0 Å². The van der Waals surface area contributed by atoms with Gasteiger partial charge in [-0.05, 0) is 24.3 Å². The number of carbonyl (C=O) groups excluding carboxylic acids is 1. The topological polar surface area (TPSA) is 80.0 Å². The summed E-state index contributed by atoms with van der Waals surface area (Å²) in [6.07, 6.45) is 8.73. The van der Waals surface area contributed by atoms with Crippen LogP contribution in [0.5, 0.6) is 0 Å². The Morgan fingerprint density at radius 3 is 2.84 bits per heavy atom. The second kappa shape index (κ2) is 9.68. The fourth-order valence-corrected chi connectivity index (χ4v) is 3.77. The first-order valence-corrected chi connectivity index (χ1v) is 10.1. The Morgan fingerprint density at radius 2 is 2.08 bits per heavy atom. The third kappa shape index (κ3) is 5.93. The van der Waals surface area contributed by atoms with Gasteiger partial charge in [0.2, 0.25) is 17.6 Å². The highest BCUT2D eigenvalue weighted by Gasteiger charge is 2.12. The van der Waals surface area contributed by atoms with Crippen molar-refractivity contribution in [2.45, 2.75) is 57.4 Å². The summed E-state index contributed by atoms with van der Waals surface area (Å²) in [6, 6.07) is 2.57. The fraction of sp³-hybridized carbons (Fsp3) is 0.611. The van der Waals surface area contributed by atoms with Crippen LogP contribution in [0.25, 0.3) is 11.4 Å². The van der Waals surface area contributed by atoms with E-state index in [4.69, 9.17) is 4.52 Å². The number of thiophene rings is 1. The summed E-state index contributed by atoms with van der Waals surface area (Å²) in [5, 5.41) is 14.4. The monoisotopic (exact) mass is 362 g/mol. The molecular weight excluding hydrogens is 336 g/mol. The molecule has 0 aliphatic heterocycles. The van der Waals surface area contributed by atoms with E-state index < -0.39 is 0 Å². The van der Waals surface area contributed by atoms with Gasteiger partial charge in [-0.3, -0.25) is 4.79 Å². The molecule has 3 rings (SSSR count). The van der Waals surface area contributed by atoms with Crippen LogP contribution in [0.15, 0.2) is 21.3 Å². The number of carbonyl (C=O) groups is 1. The van der Waals surface area contributed by atoms with E-state index in [0.717, 1.165) is 12.1 Å². The maximum atomic E-state index is 11.9. The van der Waals surface area contributed by atoms with Crippen LogP contribution < -0.4 is 10.6 Å². The van der Waals surface area contributed by atoms with Gasteiger partial charge in [0.15, 0.2) is 0 Å². The molecule has 136 valence electrons. The van der Waals surface area contributed by atoms with Gasteiger partial charge in [-0.15, -0.1) is 0 Å². The zero-order valence-electron chi connectivity index (χ0n) is 14.5. The highest BCUT2D eigenvalue weighted by atomic mass is 32.1. The molecule has 0 saturated heterocycles. The smallest absolute Gasteiger partial charge is 0.227 e. The summed E-state index contributed by atoms with van der Waals surface area (Å²) in [4.78, 5) is 16.3. The summed E-state index contributed by atoms with van der Waals surface area (Å²) >= 11 is 1.59. The minimum absolute atomic E-state index is 0.0259. The molecular formula is C18H26N4O2S. The Hall–Kier alpha value is -1.73. The number of nitrogens with one attached hydrogen (secondary N) is 2. The van der Waals surface area contributed by atoms with Crippen molar-refractivity contribution in [1.29, 1.82) is 0 Å². The first-order chi connectivity index (χ1) is 12.3. The Bertz CT molecular complexity index is 633. The largest absolute Gasteiger partial charge is 0.355 e. The van der Waals surface area contributed by atoms with E-state index in [-0.39, 0.29) is 5.91 Å². The van der Waals surface area contributed by atoms with Gasteiger partial charge in [-0.25, -0.2) is 0 Å². The molecule has 2 aromatic heterocycles. The van der Waals surface area contributed by atoms with Gasteiger partial charge < -0.3 is 15.2 Å². The van der Waals surface area contributed by atoms with E-state index in [1.807, 2.05) is 16.8 Å². The molecule has 2 aromatic rings. The van der Waals surface area contributed by atoms with E-state index in [1.54, 1.807) is 11.3 Å². The summed E-state index contributed by atoms with van der Waals surface area (Å²) in [5.41, 5.74) is 0.953. The molecule has 1 aliphatic carbocycles. The molecule has 25 heavy (non-hydrogen) atoms. The van der Waals surface area contributed by atoms with Gasteiger partial charge in [0.05, 0.1) is 0 Å². The Morgan fingerprint density at radius 1 is 1.24 bits per heavy atom. The summed E-state index contributed by atoms with van der Waals surface area (Å²) < 4.78 is 5.21. The lowest BCUT2D eigenvalue weighted by Gasteiger charge is -2.16. The van der Waals surface area contributed by atoms with E-state index in [9.17, 15) is 4.79 Å².